The van der Waals surface area contributed by atoms with Gasteiger partial charge in [0.2, 0.25) is 0 Å². The van der Waals surface area contributed by atoms with E-state index in [1.54, 1.807) is 7.11 Å². The van der Waals surface area contributed by atoms with Gasteiger partial charge in [-0.2, -0.15) is 0 Å². The lowest BCUT2D eigenvalue weighted by atomic mass is 9.89. The van der Waals surface area contributed by atoms with Gasteiger partial charge in [-0.1, -0.05) is 66.2 Å². The highest BCUT2D eigenvalue weighted by atomic mass is 35.5. The first-order valence-electron chi connectivity index (χ1n) is 13.2. The summed E-state index contributed by atoms with van der Waals surface area (Å²) >= 11 is 6.23. The van der Waals surface area contributed by atoms with E-state index in [-0.39, 0.29) is 0 Å². The molecule has 192 valence electrons. The van der Waals surface area contributed by atoms with Gasteiger partial charge < -0.3 is 14.6 Å². The quantitative estimate of drug-likeness (QED) is 0.247. The summed E-state index contributed by atoms with van der Waals surface area (Å²) in [6, 6.07) is 29.8. The maximum Gasteiger partial charge on any atom is 0.142 e. The van der Waals surface area contributed by atoms with Gasteiger partial charge in [0, 0.05) is 49.5 Å². The van der Waals surface area contributed by atoms with Crippen molar-refractivity contribution in [1.82, 2.24) is 9.88 Å². The Bertz CT molecular complexity index is 1570. The van der Waals surface area contributed by atoms with Crippen LogP contribution in [0.5, 0.6) is 5.75 Å². The SMILES string of the molecule is COc1ccccc1N1CCN(Cc2cc[nH]c2-c2c(-c3ccc(Cl)cc3)ccc3c(C)cccc23)CC1. The molecule has 0 radical (unpaired) electrons. The number of aromatic nitrogens is 1. The maximum absolute atomic E-state index is 6.23. The lowest BCUT2D eigenvalue weighted by Gasteiger charge is -2.36. The molecule has 1 aliphatic rings. The van der Waals surface area contributed by atoms with Gasteiger partial charge >= 0.3 is 0 Å². The van der Waals surface area contributed by atoms with Crippen molar-refractivity contribution in [1.29, 1.82) is 0 Å². The molecule has 1 aromatic heterocycles. The molecule has 0 atom stereocenters. The Labute approximate surface area is 229 Å². The van der Waals surface area contributed by atoms with Crippen LogP contribution in [0.1, 0.15) is 11.1 Å². The van der Waals surface area contributed by atoms with E-state index in [9.17, 15) is 0 Å². The predicted molar refractivity (Wildman–Crippen MR) is 159 cm³/mol. The highest BCUT2D eigenvalue weighted by molar-refractivity contribution is 6.30. The molecule has 6 rings (SSSR count). The number of aromatic amines is 1. The number of piperazine rings is 1. The van der Waals surface area contributed by atoms with Gasteiger partial charge in [0.15, 0.2) is 0 Å². The second-order valence-corrected chi connectivity index (χ2v) is 10.4. The fourth-order valence-electron chi connectivity index (χ4n) is 5.70. The summed E-state index contributed by atoms with van der Waals surface area (Å²) in [5.74, 6) is 0.940. The zero-order chi connectivity index (χ0) is 26.1. The number of H-pyrrole nitrogens is 1. The van der Waals surface area contributed by atoms with E-state index in [0.717, 1.165) is 43.5 Å². The third kappa shape index (κ3) is 4.66. The Morgan fingerprint density at radius 1 is 0.816 bits per heavy atom. The normalized spacial score (nSPS) is 14.2. The fourth-order valence-corrected chi connectivity index (χ4v) is 5.83. The molecule has 5 aromatic rings. The number of nitrogens with zero attached hydrogens (tertiary/aromatic N) is 2. The van der Waals surface area contributed by atoms with Crippen molar-refractivity contribution < 1.29 is 4.74 Å². The second kappa shape index (κ2) is 10.6. The van der Waals surface area contributed by atoms with Crippen molar-refractivity contribution >= 4 is 28.1 Å². The number of hydrogen-bond donors (Lipinski definition) is 1. The Morgan fingerprint density at radius 2 is 1.61 bits per heavy atom. The molecular formula is C33H32ClN3O. The van der Waals surface area contributed by atoms with Crippen LogP contribution in [0.3, 0.4) is 0 Å². The molecular weight excluding hydrogens is 490 g/mol. The van der Waals surface area contributed by atoms with Crippen molar-refractivity contribution in [2.24, 2.45) is 0 Å². The van der Waals surface area contributed by atoms with E-state index in [1.807, 2.05) is 24.3 Å². The number of nitrogens with one attached hydrogen (secondary N) is 1. The van der Waals surface area contributed by atoms with E-state index in [4.69, 9.17) is 16.3 Å². The summed E-state index contributed by atoms with van der Waals surface area (Å²) in [4.78, 5) is 8.60. The number of para-hydroxylation sites is 2. The van der Waals surface area contributed by atoms with E-state index < -0.39 is 0 Å². The molecule has 0 aliphatic carbocycles. The Morgan fingerprint density at radius 3 is 2.39 bits per heavy atom. The van der Waals surface area contributed by atoms with Crippen LogP contribution >= 0.6 is 11.6 Å². The molecule has 0 bridgehead atoms. The summed E-state index contributed by atoms with van der Waals surface area (Å²) in [5, 5.41) is 3.30. The first-order valence-corrected chi connectivity index (χ1v) is 13.6. The van der Waals surface area contributed by atoms with Gasteiger partial charge in [-0.05, 0) is 70.3 Å². The highest BCUT2D eigenvalue weighted by Crippen LogP contribution is 2.40. The molecule has 38 heavy (non-hydrogen) atoms. The van der Waals surface area contributed by atoms with E-state index >= 15 is 0 Å². The van der Waals surface area contributed by atoms with E-state index in [1.165, 1.54) is 50.0 Å². The summed E-state index contributed by atoms with van der Waals surface area (Å²) in [7, 11) is 1.75. The molecule has 0 unspecified atom stereocenters. The zero-order valence-corrected chi connectivity index (χ0v) is 22.6. The van der Waals surface area contributed by atoms with Crippen LogP contribution < -0.4 is 9.64 Å². The Kier molecular flexibility index (Phi) is 6.84. The summed E-state index contributed by atoms with van der Waals surface area (Å²) < 4.78 is 5.61. The van der Waals surface area contributed by atoms with E-state index in [0.29, 0.717) is 0 Å². The van der Waals surface area contributed by atoms with Crippen LogP contribution in [-0.2, 0) is 6.54 Å². The van der Waals surface area contributed by atoms with Crippen molar-refractivity contribution in [2.45, 2.75) is 13.5 Å². The van der Waals surface area contributed by atoms with Gasteiger partial charge in [0.25, 0.3) is 0 Å². The maximum atomic E-state index is 6.23. The summed E-state index contributed by atoms with van der Waals surface area (Å²) in [6.45, 7) is 7.04. The van der Waals surface area contributed by atoms with Crippen LogP contribution in [0, 0.1) is 6.92 Å². The van der Waals surface area contributed by atoms with Crippen molar-refractivity contribution in [3.05, 3.63) is 107 Å². The van der Waals surface area contributed by atoms with Gasteiger partial charge in [0.1, 0.15) is 5.75 Å². The molecule has 2 heterocycles. The molecule has 4 nitrogen and oxygen atoms in total. The molecule has 1 aliphatic heterocycles. The third-order valence-electron chi connectivity index (χ3n) is 7.71. The molecule has 5 heteroatoms. The Hall–Kier alpha value is -3.73. The minimum absolute atomic E-state index is 0.750. The average molecular weight is 522 g/mol. The Balaban J connectivity index is 1.32. The van der Waals surface area contributed by atoms with Crippen LogP contribution in [-0.4, -0.2) is 43.2 Å². The standard InChI is InChI=1S/C33H32ClN3O/c1-23-6-5-7-29-27(23)14-15-28(24-10-12-26(34)13-11-24)32(29)33-25(16-17-35-33)22-36-18-20-37(21-19-36)30-8-3-4-9-31(30)38-2/h3-17,35H,18-22H2,1-2H3. The molecule has 0 amide bonds. The van der Waals surface area contributed by atoms with Crippen molar-refractivity contribution in [3.63, 3.8) is 0 Å². The van der Waals surface area contributed by atoms with E-state index in [2.05, 4.69) is 88.6 Å². The minimum Gasteiger partial charge on any atom is -0.495 e. The fraction of sp³-hybridized carbons (Fsp3) is 0.212. The second-order valence-electron chi connectivity index (χ2n) is 9.98. The molecule has 1 fully saturated rings. The van der Waals surface area contributed by atoms with Gasteiger partial charge in [-0.3, -0.25) is 4.90 Å². The van der Waals surface area contributed by atoms with Gasteiger partial charge in [-0.25, -0.2) is 0 Å². The van der Waals surface area contributed by atoms with Gasteiger partial charge in [-0.15, -0.1) is 0 Å². The van der Waals surface area contributed by atoms with Crippen molar-refractivity contribution in [3.8, 4) is 28.1 Å². The minimum atomic E-state index is 0.750. The molecule has 0 spiro atoms. The number of fused-ring (bicyclic) bond motifs is 1. The number of benzene rings is 4. The monoisotopic (exact) mass is 521 g/mol. The summed E-state index contributed by atoms with van der Waals surface area (Å²) in [6.07, 6.45) is 2.08. The van der Waals surface area contributed by atoms with Crippen LogP contribution in [0.25, 0.3) is 33.2 Å². The number of aryl methyl sites for hydroxylation is 1. The van der Waals surface area contributed by atoms with Crippen molar-refractivity contribution in [2.75, 3.05) is 38.2 Å². The third-order valence-corrected chi connectivity index (χ3v) is 7.96. The largest absolute Gasteiger partial charge is 0.495 e. The topological polar surface area (TPSA) is 31.5 Å². The first-order chi connectivity index (χ1) is 18.6. The highest BCUT2D eigenvalue weighted by Gasteiger charge is 2.22. The molecule has 0 saturated carbocycles. The molecule has 1 saturated heterocycles. The van der Waals surface area contributed by atoms with Crippen LogP contribution in [0.4, 0.5) is 5.69 Å². The lowest BCUT2D eigenvalue weighted by Crippen LogP contribution is -2.46. The number of rotatable bonds is 6. The number of anilines is 1. The number of hydrogen-bond acceptors (Lipinski definition) is 3. The molecule has 4 aromatic carbocycles. The first kappa shape index (κ1) is 24.6. The van der Waals surface area contributed by atoms with Crippen LogP contribution in [0.2, 0.25) is 5.02 Å². The number of halogens is 1. The predicted octanol–water partition coefficient (Wildman–Crippen LogP) is 7.79. The molecule has 1 N–H and O–H groups in total. The number of ether oxygens (including phenoxy) is 1. The average Bonchev–Trinajstić information content (AvgIpc) is 3.41. The summed E-state index contributed by atoms with van der Waals surface area (Å²) in [5.41, 5.74) is 8.60. The van der Waals surface area contributed by atoms with Gasteiger partial charge in [0.05, 0.1) is 18.5 Å². The smallest absolute Gasteiger partial charge is 0.142 e. The zero-order valence-electron chi connectivity index (χ0n) is 21.9. The number of methoxy groups -OCH3 is 1. The van der Waals surface area contributed by atoms with Crippen LogP contribution in [0.15, 0.2) is 91.1 Å². The lowest BCUT2D eigenvalue weighted by molar-refractivity contribution is 0.249.